The standard InChI is InChI=1S/C25H24F4N4O/c26-22-15-19(25(27,28)29)3-5-21(22)17-7-10-33(24(34)14-17)20-4-6-23-18(13-20)16-32(30-23)12-11-31-8-1-2-9-31/h3-7,10,13-15,30H,1-2,8-9,11-12,16H2. The SMILES string of the molecule is O=c1cc(-c2ccc(C(F)(F)F)cc2F)ccn1-c1ccc2c(c1)CN(CCN1CCCC1)N2. The van der Waals surface area contributed by atoms with E-state index in [1.165, 1.54) is 35.7 Å². The molecule has 1 fully saturated rings. The quantitative estimate of drug-likeness (QED) is 0.537. The molecule has 0 bridgehead atoms. The molecule has 3 aromatic rings. The van der Waals surface area contributed by atoms with Crippen LogP contribution in [0.15, 0.2) is 59.5 Å². The van der Waals surface area contributed by atoms with Gasteiger partial charge in [-0.1, -0.05) is 6.07 Å². The molecule has 0 unspecified atom stereocenters. The number of anilines is 1. The van der Waals surface area contributed by atoms with Crippen molar-refractivity contribution in [1.82, 2.24) is 14.5 Å². The molecule has 178 valence electrons. The Kier molecular flexibility index (Phi) is 5.91. The highest BCUT2D eigenvalue weighted by atomic mass is 19.4. The summed E-state index contributed by atoms with van der Waals surface area (Å²) < 4.78 is 54.2. The number of nitrogens with zero attached hydrogens (tertiary/aromatic N) is 3. The number of nitrogens with one attached hydrogen (secondary N) is 1. The normalized spacial score (nSPS) is 16.6. The van der Waals surface area contributed by atoms with E-state index in [0.29, 0.717) is 11.8 Å². The van der Waals surface area contributed by atoms with Crippen LogP contribution in [-0.2, 0) is 12.7 Å². The molecular formula is C25H24F4N4O. The lowest BCUT2D eigenvalue weighted by atomic mass is 10.0. The molecule has 0 atom stereocenters. The zero-order valence-electron chi connectivity index (χ0n) is 18.4. The summed E-state index contributed by atoms with van der Waals surface area (Å²) in [7, 11) is 0. The second kappa shape index (κ2) is 8.88. The van der Waals surface area contributed by atoms with Crippen molar-refractivity contribution in [1.29, 1.82) is 0 Å². The van der Waals surface area contributed by atoms with Crippen LogP contribution in [0.3, 0.4) is 0 Å². The van der Waals surface area contributed by atoms with E-state index in [-0.39, 0.29) is 11.1 Å². The molecule has 5 nitrogen and oxygen atoms in total. The van der Waals surface area contributed by atoms with Gasteiger partial charge in [-0.15, -0.1) is 0 Å². The van der Waals surface area contributed by atoms with Crippen LogP contribution >= 0.6 is 0 Å². The van der Waals surface area contributed by atoms with Crippen molar-refractivity contribution in [2.75, 3.05) is 31.6 Å². The van der Waals surface area contributed by atoms with Crippen LogP contribution in [0.25, 0.3) is 16.8 Å². The lowest BCUT2D eigenvalue weighted by Crippen LogP contribution is -2.33. The van der Waals surface area contributed by atoms with Gasteiger partial charge in [-0.25, -0.2) is 9.40 Å². The van der Waals surface area contributed by atoms with E-state index >= 15 is 0 Å². The minimum atomic E-state index is -4.63. The Morgan fingerprint density at radius 1 is 0.941 bits per heavy atom. The average molecular weight is 472 g/mol. The van der Waals surface area contributed by atoms with Gasteiger partial charge in [-0.2, -0.15) is 13.2 Å². The number of benzene rings is 2. The molecule has 1 aromatic heterocycles. The Balaban J connectivity index is 1.33. The van der Waals surface area contributed by atoms with Gasteiger partial charge in [0.1, 0.15) is 5.82 Å². The lowest BCUT2D eigenvalue weighted by molar-refractivity contribution is -0.137. The molecular weight excluding hydrogens is 448 g/mol. The molecule has 2 aliphatic heterocycles. The first-order valence-electron chi connectivity index (χ1n) is 11.2. The number of pyridine rings is 1. The minimum Gasteiger partial charge on any atom is -0.318 e. The van der Waals surface area contributed by atoms with Crippen molar-refractivity contribution < 1.29 is 17.6 Å². The summed E-state index contributed by atoms with van der Waals surface area (Å²) >= 11 is 0. The zero-order chi connectivity index (χ0) is 23.9. The zero-order valence-corrected chi connectivity index (χ0v) is 18.4. The van der Waals surface area contributed by atoms with Gasteiger partial charge in [-0.3, -0.25) is 9.36 Å². The van der Waals surface area contributed by atoms with Crippen molar-refractivity contribution in [3.05, 3.63) is 82.0 Å². The summed E-state index contributed by atoms with van der Waals surface area (Å²) in [6.07, 6.45) is -0.592. The van der Waals surface area contributed by atoms with Gasteiger partial charge in [0.25, 0.3) is 5.56 Å². The van der Waals surface area contributed by atoms with Crippen LogP contribution < -0.4 is 11.0 Å². The van der Waals surface area contributed by atoms with E-state index < -0.39 is 23.1 Å². The van der Waals surface area contributed by atoms with Gasteiger partial charge in [0, 0.05) is 43.1 Å². The van der Waals surface area contributed by atoms with Gasteiger partial charge < -0.3 is 10.3 Å². The number of rotatable bonds is 5. The predicted octanol–water partition coefficient (Wildman–Crippen LogP) is 4.90. The fourth-order valence-electron chi connectivity index (χ4n) is 4.57. The topological polar surface area (TPSA) is 40.5 Å². The van der Waals surface area contributed by atoms with Crippen LogP contribution in [0, 0.1) is 5.82 Å². The number of halogens is 4. The van der Waals surface area contributed by atoms with Crippen molar-refractivity contribution in [3.63, 3.8) is 0 Å². The maximum atomic E-state index is 14.3. The number of hydrogen-bond donors (Lipinski definition) is 1. The van der Waals surface area contributed by atoms with Crippen LogP contribution in [-0.4, -0.2) is 40.7 Å². The summed E-state index contributed by atoms with van der Waals surface area (Å²) in [5.41, 5.74) is 4.86. The van der Waals surface area contributed by atoms with Gasteiger partial charge >= 0.3 is 6.18 Å². The fraction of sp³-hybridized carbons (Fsp3) is 0.320. The third kappa shape index (κ3) is 4.58. The second-order valence-electron chi connectivity index (χ2n) is 8.74. The average Bonchev–Trinajstić information content (AvgIpc) is 3.46. The smallest absolute Gasteiger partial charge is 0.318 e. The molecule has 9 heteroatoms. The maximum absolute atomic E-state index is 14.3. The van der Waals surface area contributed by atoms with E-state index in [9.17, 15) is 22.4 Å². The lowest BCUT2D eigenvalue weighted by Gasteiger charge is -2.20. The maximum Gasteiger partial charge on any atom is 0.416 e. The second-order valence-corrected chi connectivity index (χ2v) is 8.74. The van der Waals surface area contributed by atoms with E-state index in [2.05, 4.69) is 15.3 Å². The molecule has 5 rings (SSSR count). The molecule has 0 spiro atoms. The Bertz CT molecular complexity index is 1260. The minimum absolute atomic E-state index is 0.0518. The number of alkyl halides is 3. The number of hydrazine groups is 1. The number of hydrogen-bond acceptors (Lipinski definition) is 4. The highest BCUT2D eigenvalue weighted by molar-refractivity contribution is 5.65. The molecule has 2 aromatic carbocycles. The Labute approximate surface area is 194 Å². The molecule has 2 aliphatic rings. The van der Waals surface area contributed by atoms with E-state index in [1.807, 2.05) is 18.2 Å². The predicted molar refractivity (Wildman–Crippen MR) is 122 cm³/mol. The van der Waals surface area contributed by atoms with Crippen LogP contribution in [0.4, 0.5) is 23.2 Å². The van der Waals surface area contributed by atoms with E-state index in [1.54, 1.807) is 0 Å². The highest BCUT2D eigenvalue weighted by Gasteiger charge is 2.31. The Morgan fingerprint density at radius 2 is 1.74 bits per heavy atom. The Hall–Kier alpha value is -3.17. The first-order chi connectivity index (χ1) is 16.3. The molecule has 0 saturated carbocycles. The van der Waals surface area contributed by atoms with Gasteiger partial charge in [-0.05, 0) is 73.5 Å². The number of fused-ring (bicyclic) bond motifs is 1. The molecule has 1 saturated heterocycles. The van der Waals surface area contributed by atoms with Crippen LogP contribution in [0.1, 0.15) is 24.0 Å². The fourth-order valence-corrected chi connectivity index (χ4v) is 4.57. The third-order valence-electron chi connectivity index (χ3n) is 6.42. The third-order valence-corrected chi connectivity index (χ3v) is 6.42. The summed E-state index contributed by atoms with van der Waals surface area (Å²) in [5.74, 6) is -1.02. The highest BCUT2D eigenvalue weighted by Crippen LogP contribution is 2.33. The molecule has 3 heterocycles. The number of aromatic nitrogens is 1. The first kappa shape index (κ1) is 22.6. The molecule has 0 aliphatic carbocycles. The first-order valence-corrected chi connectivity index (χ1v) is 11.2. The van der Waals surface area contributed by atoms with Crippen molar-refractivity contribution in [2.24, 2.45) is 0 Å². The summed E-state index contributed by atoms with van der Waals surface area (Å²) in [4.78, 5) is 15.2. The van der Waals surface area contributed by atoms with Crippen LogP contribution in [0.5, 0.6) is 0 Å². The van der Waals surface area contributed by atoms with E-state index in [0.717, 1.165) is 56.1 Å². The van der Waals surface area contributed by atoms with Crippen molar-refractivity contribution in [2.45, 2.75) is 25.6 Å². The monoisotopic (exact) mass is 472 g/mol. The number of likely N-dealkylation sites (tertiary alicyclic amines) is 1. The molecule has 1 N–H and O–H groups in total. The summed E-state index contributed by atoms with van der Waals surface area (Å²) in [6.45, 7) is 4.94. The van der Waals surface area contributed by atoms with Gasteiger partial charge in [0.05, 0.1) is 11.3 Å². The van der Waals surface area contributed by atoms with Crippen LogP contribution in [0.2, 0.25) is 0 Å². The summed E-state index contributed by atoms with van der Waals surface area (Å²) in [5, 5.41) is 2.16. The van der Waals surface area contributed by atoms with Gasteiger partial charge in [0.2, 0.25) is 0 Å². The van der Waals surface area contributed by atoms with E-state index in [4.69, 9.17) is 0 Å². The van der Waals surface area contributed by atoms with Crippen molar-refractivity contribution >= 4 is 5.69 Å². The Morgan fingerprint density at radius 3 is 2.44 bits per heavy atom. The molecule has 34 heavy (non-hydrogen) atoms. The van der Waals surface area contributed by atoms with Gasteiger partial charge in [0.15, 0.2) is 0 Å². The van der Waals surface area contributed by atoms with Crippen molar-refractivity contribution in [3.8, 4) is 16.8 Å². The summed E-state index contributed by atoms with van der Waals surface area (Å²) in [6, 6.07) is 10.8. The largest absolute Gasteiger partial charge is 0.416 e. The molecule has 0 radical (unpaired) electrons. The molecule has 0 amide bonds.